The third-order valence-corrected chi connectivity index (χ3v) is 4.06. The molecule has 4 heteroatoms. The van der Waals surface area contributed by atoms with Crippen LogP contribution in [0.1, 0.15) is 47.5 Å². The zero-order chi connectivity index (χ0) is 14.5. The molecule has 0 radical (unpaired) electrons. The number of ether oxygens (including phenoxy) is 1. The van der Waals surface area contributed by atoms with E-state index >= 15 is 0 Å². The second-order valence-electron chi connectivity index (χ2n) is 5.93. The quantitative estimate of drug-likeness (QED) is 0.801. The Morgan fingerprint density at radius 1 is 1.53 bits per heavy atom. The van der Waals surface area contributed by atoms with Crippen LogP contribution in [-0.2, 0) is 4.74 Å². The maximum Gasteiger partial charge on any atom is 0.105 e. The molecule has 4 atom stereocenters. The monoisotopic (exact) mass is 267 g/mol. The van der Waals surface area contributed by atoms with Crippen LogP contribution in [0.3, 0.4) is 0 Å². The summed E-state index contributed by atoms with van der Waals surface area (Å²) >= 11 is 0. The van der Waals surface area contributed by atoms with Gasteiger partial charge in [-0.15, -0.1) is 0 Å². The summed E-state index contributed by atoms with van der Waals surface area (Å²) in [5.41, 5.74) is -0.437. The van der Waals surface area contributed by atoms with Crippen LogP contribution in [0.5, 0.6) is 0 Å². The van der Waals surface area contributed by atoms with Gasteiger partial charge in [0, 0.05) is 18.6 Å². The van der Waals surface area contributed by atoms with E-state index in [2.05, 4.69) is 37.1 Å². The van der Waals surface area contributed by atoms with Crippen LogP contribution in [0, 0.1) is 11.3 Å². The number of hydrogen-bond acceptors (Lipinski definition) is 4. The van der Waals surface area contributed by atoms with E-state index in [1.54, 1.807) is 0 Å². The van der Waals surface area contributed by atoms with E-state index < -0.39 is 5.54 Å². The van der Waals surface area contributed by atoms with E-state index in [9.17, 15) is 5.26 Å². The maximum atomic E-state index is 9.38. The molecule has 19 heavy (non-hydrogen) atoms. The lowest BCUT2D eigenvalue weighted by molar-refractivity contribution is -0.0728. The summed E-state index contributed by atoms with van der Waals surface area (Å²) in [6.45, 7) is 13.2. The number of rotatable bonds is 6. The largest absolute Gasteiger partial charge is 0.376 e. The molecule has 0 spiro atoms. The van der Waals surface area contributed by atoms with Gasteiger partial charge in [0.25, 0.3) is 0 Å². The second kappa shape index (κ2) is 7.23. The van der Waals surface area contributed by atoms with E-state index in [0.717, 1.165) is 32.5 Å². The molecule has 1 saturated heterocycles. The molecule has 1 aliphatic rings. The zero-order valence-electron chi connectivity index (χ0n) is 13.1. The van der Waals surface area contributed by atoms with E-state index in [0.29, 0.717) is 12.1 Å². The Balaban J connectivity index is 2.69. The van der Waals surface area contributed by atoms with Crippen molar-refractivity contribution in [2.24, 2.45) is 0 Å². The molecular weight excluding hydrogens is 238 g/mol. The minimum absolute atomic E-state index is 0.290. The summed E-state index contributed by atoms with van der Waals surface area (Å²) in [7, 11) is 0. The van der Waals surface area contributed by atoms with Crippen LogP contribution in [0.25, 0.3) is 0 Å². The van der Waals surface area contributed by atoms with Crippen LogP contribution in [0.2, 0.25) is 0 Å². The summed E-state index contributed by atoms with van der Waals surface area (Å²) in [4.78, 5) is 2.51. The summed E-state index contributed by atoms with van der Waals surface area (Å²) in [6, 6.07) is 3.30. The molecule has 1 heterocycles. The minimum atomic E-state index is -0.437. The van der Waals surface area contributed by atoms with Gasteiger partial charge < -0.3 is 4.74 Å². The molecule has 0 aromatic carbocycles. The molecule has 0 saturated carbocycles. The topological polar surface area (TPSA) is 48.3 Å². The van der Waals surface area contributed by atoms with Gasteiger partial charge >= 0.3 is 0 Å². The first-order chi connectivity index (χ1) is 8.95. The average Bonchev–Trinajstić information content (AvgIpc) is 2.38. The standard InChI is InChI=1S/C15H29N3O/c1-6-14-10-19-13(4)9-18(14)12(3)8-15(5,11-16)17-7-2/h12-14,17H,6-10H2,1-5H3. The molecule has 1 fully saturated rings. The molecule has 0 aromatic rings. The normalized spacial score (nSPS) is 29.5. The number of nitrogens with one attached hydrogen (secondary N) is 1. The van der Waals surface area contributed by atoms with Gasteiger partial charge in [0.2, 0.25) is 0 Å². The van der Waals surface area contributed by atoms with E-state index in [4.69, 9.17) is 4.74 Å². The van der Waals surface area contributed by atoms with Crippen molar-refractivity contribution < 1.29 is 4.74 Å². The summed E-state index contributed by atoms with van der Waals surface area (Å²) in [5, 5.41) is 12.7. The molecule has 0 aromatic heterocycles. The Morgan fingerprint density at radius 2 is 2.21 bits per heavy atom. The highest BCUT2D eigenvalue weighted by molar-refractivity contribution is 5.05. The third-order valence-electron chi connectivity index (χ3n) is 4.06. The van der Waals surface area contributed by atoms with Gasteiger partial charge in [-0.1, -0.05) is 13.8 Å². The third kappa shape index (κ3) is 4.45. The predicted octanol–water partition coefficient (Wildman–Crippen LogP) is 2.16. The summed E-state index contributed by atoms with van der Waals surface area (Å²) in [6.07, 6.45) is 2.24. The minimum Gasteiger partial charge on any atom is -0.376 e. The number of hydrogen-bond donors (Lipinski definition) is 1. The van der Waals surface area contributed by atoms with Crippen molar-refractivity contribution >= 4 is 0 Å². The number of nitriles is 1. The first-order valence-corrected chi connectivity index (χ1v) is 7.49. The SMILES string of the molecule is CCNC(C)(C#N)CC(C)N1CC(C)OCC1CC. The van der Waals surface area contributed by atoms with Crippen LogP contribution < -0.4 is 5.32 Å². The molecule has 0 aliphatic carbocycles. The first kappa shape index (κ1) is 16.4. The van der Waals surface area contributed by atoms with Crippen molar-refractivity contribution in [3.05, 3.63) is 0 Å². The van der Waals surface area contributed by atoms with Crippen LogP contribution in [-0.4, -0.2) is 48.3 Å². The molecule has 110 valence electrons. The van der Waals surface area contributed by atoms with Gasteiger partial charge in [0.05, 0.1) is 18.8 Å². The van der Waals surface area contributed by atoms with E-state index in [1.165, 1.54) is 0 Å². The van der Waals surface area contributed by atoms with Gasteiger partial charge in [-0.3, -0.25) is 10.2 Å². The van der Waals surface area contributed by atoms with Crippen molar-refractivity contribution in [1.82, 2.24) is 10.2 Å². The maximum absolute atomic E-state index is 9.38. The highest BCUT2D eigenvalue weighted by Gasteiger charge is 2.33. The molecule has 1 N–H and O–H groups in total. The average molecular weight is 267 g/mol. The Kier molecular flexibility index (Phi) is 6.25. The van der Waals surface area contributed by atoms with Gasteiger partial charge in [-0.2, -0.15) is 5.26 Å². The predicted molar refractivity (Wildman–Crippen MR) is 78.0 cm³/mol. The van der Waals surface area contributed by atoms with Crippen molar-refractivity contribution in [3.63, 3.8) is 0 Å². The molecule has 1 aliphatic heterocycles. The lowest BCUT2D eigenvalue weighted by Crippen LogP contribution is -2.55. The Hall–Kier alpha value is -0.630. The van der Waals surface area contributed by atoms with Gasteiger partial charge in [0.1, 0.15) is 5.54 Å². The van der Waals surface area contributed by atoms with E-state index in [-0.39, 0.29) is 6.10 Å². The molecule has 4 nitrogen and oxygen atoms in total. The van der Waals surface area contributed by atoms with Gasteiger partial charge in [-0.05, 0) is 40.2 Å². The molecular formula is C15H29N3O. The van der Waals surface area contributed by atoms with Crippen molar-refractivity contribution in [3.8, 4) is 6.07 Å². The van der Waals surface area contributed by atoms with Gasteiger partial charge in [-0.25, -0.2) is 0 Å². The lowest BCUT2D eigenvalue weighted by Gasteiger charge is -2.43. The highest BCUT2D eigenvalue weighted by atomic mass is 16.5. The lowest BCUT2D eigenvalue weighted by atomic mass is 9.93. The fourth-order valence-corrected chi connectivity index (χ4v) is 3.02. The Bertz CT molecular complexity index is 315. The first-order valence-electron chi connectivity index (χ1n) is 7.49. The summed E-state index contributed by atoms with van der Waals surface area (Å²) < 4.78 is 5.74. The molecule has 0 amide bonds. The van der Waals surface area contributed by atoms with Crippen LogP contribution >= 0.6 is 0 Å². The molecule has 0 bridgehead atoms. The fraction of sp³-hybridized carbons (Fsp3) is 0.933. The number of nitrogens with zero attached hydrogens (tertiary/aromatic N) is 2. The van der Waals surface area contributed by atoms with Crippen molar-refractivity contribution in [2.45, 2.75) is 71.2 Å². The zero-order valence-corrected chi connectivity index (χ0v) is 13.1. The fourth-order valence-electron chi connectivity index (χ4n) is 3.02. The molecule has 4 unspecified atom stereocenters. The smallest absolute Gasteiger partial charge is 0.105 e. The highest BCUT2D eigenvalue weighted by Crippen LogP contribution is 2.22. The summed E-state index contributed by atoms with van der Waals surface area (Å²) in [5.74, 6) is 0. The number of morpholine rings is 1. The van der Waals surface area contributed by atoms with Crippen LogP contribution in [0.4, 0.5) is 0 Å². The molecule has 1 rings (SSSR count). The van der Waals surface area contributed by atoms with E-state index in [1.807, 2.05) is 13.8 Å². The van der Waals surface area contributed by atoms with Crippen LogP contribution in [0.15, 0.2) is 0 Å². The van der Waals surface area contributed by atoms with Crippen molar-refractivity contribution in [1.29, 1.82) is 5.26 Å². The van der Waals surface area contributed by atoms with Gasteiger partial charge in [0.15, 0.2) is 0 Å². The Morgan fingerprint density at radius 3 is 2.74 bits per heavy atom. The second-order valence-corrected chi connectivity index (χ2v) is 5.93. The van der Waals surface area contributed by atoms with Crippen molar-refractivity contribution in [2.75, 3.05) is 19.7 Å². The Labute approximate surface area is 118 Å².